The molecule has 0 spiro atoms. The Bertz CT molecular complexity index is 607. The van der Waals surface area contributed by atoms with Crippen molar-refractivity contribution >= 4 is 0 Å². The molecule has 7 fully saturated rings. The van der Waals surface area contributed by atoms with Crippen LogP contribution in [0.5, 0.6) is 0 Å². The zero-order chi connectivity index (χ0) is 57.6. The fraction of sp³-hybridized carbons (Fsp3) is 0.915. The average molecular weight is 1080 g/mol. The van der Waals surface area contributed by atoms with Gasteiger partial charge in [-0.2, -0.15) is 0 Å². The van der Waals surface area contributed by atoms with Crippen LogP contribution in [0.2, 0.25) is 0 Å². The van der Waals surface area contributed by atoms with E-state index in [1.54, 1.807) is 0 Å². The van der Waals surface area contributed by atoms with Gasteiger partial charge in [0.15, 0.2) is 0 Å². The minimum Gasteiger partial charge on any atom is -0.306 e. The van der Waals surface area contributed by atoms with E-state index in [0.29, 0.717) is 0 Å². The highest BCUT2D eigenvalue weighted by molar-refractivity contribution is 4.99. The molecular weight excluding hydrogens is 909 g/mol. The molecule has 3 saturated heterocycles. The molecule has 1 aromatic carbocycles. The number of likely N-dealkylation sites (N-methyl/N-ethyl adjacent to an activating group) is 2. The Morgan fingerprint density at radius 2 is 0.333 bits per heavy atom. The highest BCUT2D eigenvalue weighted by atomic mass is 15.2. The maximum absolute atomic E-state index is 2.40. The van der Waals surface area contributed by atoms with Crippen LogP contribution in [0.25, 0.3) is 0 Å². The van der Waals surface area contributed by atoms with Crippen molar-refractivity contribution in [3.05, 3.63) is 36.4 Å². The molecule has 0 atom stereocenters. The summed E-state index contributed by atoms with van der Waals surface area (Å²) in [5.41, 5.74) is 0. The number of nitrogens with zero attached hydrogens (tertiary/aromatic N) is 4. The minimum absolute atomic E-state index is 0. The van der Waals surface area contributed by atoms with Crippen LogP contribution in [0.1, 0.15) is 344 Å². The van der Waals surface area contributed by atoms with Crippen molar-refractivity contribution in [2.24, 2.45) is 11.8 Å². The largest absolute Gasteiger partial charge is 0.306 e. The molecule has 4 heteroatoms. The van der Waals surface area contributed by atoms with Gasteiger partial charge in [-0.25, -0.2) is 0 Å². The molecule has 8 rings (SSSR count). The monoisotopic (exact) mass is 1080 g/mol. The van der Waals surface area contributed by atoms with Gasteiger partial charge in [0, 0.05) is 26.2 Å². The van der Waals surface area contributed by atoms with Crippen LogP contribution in [0.15, 0.2) is 36.4 Å². The molecule has 474 valence electrons. The predicted octanol–water partition coefficient (Wildman–Crippen LogP) is 25.5. The normalized spacial score (nSPS) is 15.8. The summed E-state index contributed by atoms with van der Waals surface area (Å²) < 4.78 is 0. The van der Waals surface area contributed by atoms with E-state index in [1.807, 2.05) is 175 Å². The van der Waals surface area contributed by atoms with Crippen LogP contribution in [-0.2, 0) is 0 Å². The van der Waals surface area contributed by atoms with Crippen LogP contribution < -0.4 is 0 Å². The van der Waals surface area contributed by atoms with E-state index in [-0.39, 0.29) is 29.7 Å². The predicted molar refractivity (Wildman–Crippen MR) is 373 cm³/mol. The lowest BCUT2D eigenvalue weighted by atomic mass is 10.00. The van der Waals surface area contributed by atoms with Gasteiger partial charge >= 0.3 is 0 Å². The Hall–Kier alpha value is -0.940. The van der Waals surface area contributed by atoms with Crippen molar-refractivity contribution in [3.63, 3.8) is 0 Å². The maximum atomic E-state index is 2.40. The summed E-state index contributed by atoms with van der Waals surface area (Å²) >= 11 is 0. The Balaban J connectivity index is -0.0000000400. The first-order chi connectivity index (χ1) is 34.8. The first-order valence-electron chi connectivity index (χ1n) is 32.5. The minimum atomic E-state index is 0. The fourth-order valence-electron chi connectivity index (χ4n) is 5.76. The summed E-state index contributed by atoms with van der Waals surface area (Å²) in [5.74, 6) is 1.96. The van der Waals surface area contributed by atoms with E-state index in [0.717, 1.165) is 11.8 Å². The van der Waals surface area contributed by atoms with Gasteiger partial charge in [0.25, 0.3) is 0 Å². The zero-order valence-electron chi connectivity index (χ0n) is 56.3. The van der Waals surface area contributed by atoms with Crippen LogP contribution >= 0.6 is 0 Å². The van der Waals surface area contributed by atoms with Gasteiger partial charge in [0.05, 0.1) is 0 Å². The zero-order valence-corrected chi connectivity index (χ0v) is 56.3. The average Bonchev–Trinajstić information content (AvgIpc) is 4.22. The molecule has 0 bridgehead atoms. The Morgan fingerprint density at radius 3 is 0.427 bits per heavy atom. The van der Waals surface area contributed by atoms with Crippen molar-refractivity contribution in [2.45, 2.75) is 344 Å². The molecule has 3 aliphatic heterocycles. The Kier molecular flexibility index (Phi) is 196. The third kappa shape index (κ3) is 142. The molecule has 0 aromatic heterocycles. The molecule has 0 unspecified atom stereocenters. The summed E-state index contributed by atoms with van der Waals surface area (Å²) in [4.78, 5) is 9.53. The number of piperidine rings is 2. The van der Waals surface area contributed by atoms with Crippen LogP contribution in [0.4, 0.5) is 0 Å². The van der Waals surface area contributed by atoms with E-state index in [4.69, 9.17) is 0 Å². The SMILES string of the molecule is C.C.C.C.C1CC1.C1CCC1.C1CCCC1.C1CCCCC1.CC.CC.CC.CC.CC.CC.CC.CC.CC.CC.CC1CCN(C)CC1.CC1CCN(C)CC1.CCC.CN1CCN(C)CC1.c1ccccc1. The van der Waals surface area contributed by atoms with Gasteiger partial charge in [-0.1, -0.05) is 354 Å². The summed E-state index contributed by atoms with van der Waals surface area (Å²) in [6.45, 7) is 59.1. The fourth-order valence-corrected chi connectivity index (χ4v) is 5.76. The molecule has 1 aromatic rings. The van der Waals surface area contributed by atoms with Gasteiger partial charge in [0.1, 0.15) is 0 Å². The van der Waals surface area contributed by atoms with Gasteiger partial charge in [0.2, 0.25) is 0 Å². The molecule has 0 radical (unpaired) electrons. The van der Waals surface area contributed by atoms with E-state index in [9.17, 15) is 0 Å². The van der Waals surface area contributed by atoms with Gasteiger partial charge in [-0.15, -0.1) is 0 Å². The standard InChI is InChI=1S/2C7H15N.C6H14N2.C6H12.C6H6.C5H10.C4H8.C3H6.C3H8.10C2H6.4CH4/c3*1-7-3-5-8(2)6-4-7;2*1-2-4-6-5-3-1;1-2-4-5-3-1;1-2-4-3-1;1-2-3-1;1-3-2;10*1-2;;;;/h2*7H,3-6H2,1-2H3;3-6H2,1-2H3;1-6H2;1-6H;1-5H2;1-4H2;1-3H2;3H2,1-2H3;10*1-2H3;4*1H4. The first kappa shape index (κ1) is 113. The lowest BCUT2D eigenvalue weighted by molar-refractivity contribution is 0.181. The van der Waals surface area contributed by atoms with Gasteiger partial charge in [-0.05, 0) is 91.9 Å². The third-order valence-corrected chi connectivity index (χ3v) is 10.5. The Labute approximate surface area is 489 Å². The second kappa shape index (κ2) is 130. The quantitative estimate of drug-likeness (QED) is 0.257. The summed E-state index contributed by atoms with van der Waals surface area (Å²) in [6.07, 6.45) is 33.8. The van der Waals surface area contributed by atoms with Crippen molar-refractivity contribution < 1.29 is 0 Å². The lowest BCUT2D eigenvalue weighted by Crippen LogP contribution is -2.42. The number of benzene rings is 1. The summed E-state index contributed by atoms with van der Waals surface area (Å²) in [7, 11) is 8.75. The number of hydrogen-bond acceptors (Lipinski definition) is 4. The van der Waals surface area contributed by atoms with Gasteiger partial charge < -0.3 is 19.6 Å². The van der Waals surface area contributed by atoms with E-state index >= 15 is 0 Å². The van der Waals surface area contributed by atoms with E-state index in [2.05, 4.69) is 75.5 Å². The van der Waals surface area contributed by atoms with Crippen molar-refractivity contribution in [2.75, 3.05) is 80.5 Å². The van der Waals surface area contributed by atoms with Crippen molar-refractivity contribution in [3.8, 4) is 0 Å². The highest BCUT2D eigenvalue weighted by Crippen LogP contribution is 2.17. The molecule has 75 heavy (non-hydrogen) atoms. The van der Waals surface area contributed by atoms with Crippen LogP contribution in [-0.4, -0.2) is 100 Å². The van der Waals surface area contributed by atoms with Crippen molar-refractivity contribution in [1.82, 2.24) is 19.6 Å². The molecule has 4 nitrogen and oxygen atoms in total. The smallest absolute Gasteiger partial charge is 0.0107 e. The molecule has 7 aliphatic rings. The molecule has 0 N–H and O–H groups in total. The molecule has 0 amide bonds. The number of hydrogen-bond donors (Lipinski definition) is 0. The lowest BCUT2D eigenvalue weighted by Gasteiger charge is -2.28. The maximum Gasteiger partial charge on any atom is 0.0107 e. The molecule has 4 aliphatic carbocycles. The number of likely N-dealkylation sites (tertiary alicyclic amines) is 2. The Morgan fingerprint density at radius 1 is 0.240 bits per heavy atom. The summed E-state index contributed by atoms with van der Waals surface area (Å²) in [6, 6.07) is 12.0. The number of piperazine rings is 1. The van der Waals surface area contributed by atoms with Crippen molar-refractivity contribution in [1.29, 1.82) is 0 Å². The number of rotatable bonds is 0. The second-order valence-corrected chi connectivity index (χ2v) is 16.8. The van der Waals surface area contributed by atoms with Gasteiger partial charge in [-0.3, -0.25) is 0 Å². The molecular formula is C71H170N4. The van der Waals surface area contributed by atoms with Crippen LogP contribution in [0, 0.1) is 11.8 Å². The highest BCUT2D eigenvalue weighted by Gasteiger charge is 2.11. The third-order valence-electron chi connectivity index (χ3n) is 10.5. The van der Waals surface area contributed by atoms with Crippen LogP contribution in [0.3, 0.4) is 0 Å². The molecule has 4 saturated carbocycles. The molecule has 3 heterocycles. The summed E-state index contributed by atoms with van der Waals surface area (Å²) in [5, 5.41) is 0. The topological polar surface area (TPSA) is 13.0 Å². The first-order valence-corrected chi connectivity index (χ1v) is 32.5. The van der Waals surface area contributed by atoms with E-state index in [1.165, 1.54) is 200 Å². The second-order valence-electron chi connectivity index (χ2n) is 16.8. The van der Waals surface area contributed by atoms with E-state index < -0.39 is 0 Å².